The average molecular weight is 510 g/mol. The van der Waals surface area contributed by atoms with Gasteiger partial charge in [-0.3, -0.25) is 4.57 Å². The molecule has 2 aromatic carbocycles. The highest BCUT2D eigenvalue weighted by atomic mass is 35.5. The molecule has 0 N–H and O–H groups in total. The molecular weight excluding hydrogens is 484 g/mol. The summed E-state index contributed by atoms with van der Waals surface area (Å²) in [6, 6.07) is 11.9. The van der Waals surface area contributed by atoms with Crippen molar-refractivity contribution in [3.8, 4) is 5.69 Å². The molecular formula is C24H26Cl2FN3O2S. The average Bonchev–Trinajstić information content (AvgIpc) is 3.21. The van der Waals surface area contributed by atoms with Crippen molar-refractivity contribution < 1.29 is 12.8 Å². The Kier molecular flexibility index (Phi) is 6.62. The summed E-state index contributed by atoms with van der Waals surface area (Å²) in [5.74, 6) is 0.608. The van der Waals surface area contributed by atoms with Crippen LogP contribution in [0, 0.1) is 5.82 Å². The van der Waals surface area contributed by atoms with Gasteiger partial charge < -0.3 is 0 Å². The van der Waals surface area contributed by atoms with Gasteiger partial charge in [0.1, 0.15) is 11.6 Å². The number of hydrogen-bond acceptors (Lipinski definition) is 3. The summed E-state index contributed by atoms with van der Waals surface area (Å²) in [6.45, 7) is 5.07. The molecule has 0 aliphatic carbocycles. The summed E-state index contributed by atoms with van der Waals surface area (Å²) in [6.07, 6.45) is 4.42. The van der Waals surface area contributed by atoms with E-state index in [9.17, 15) is 12.8 Å². The van der Waals surface area contributed by atoms with Gasteiger partial charge in [0.05, 0.1) is 22.0 Å². The first-order valence-corrected chi connectivity index (χ1v) is 13.3. The van der Waals surface area contributed by atoms with E-state index in [2.05, 4.69) is 18.4 Å². The molecule has 1 aliphatic heterocycles. The van der Waals surface area contributed by atoms with Crippen LogP contribution in [-0.2, 0) is 15.4 Å². The lowest BCUT2D eigenvalue weighted by molar-refractivity contribution is 0.313. The van der Waals surface area contributed by atoms with Gasteiger partial charge in [0, 0.05) is 36.3 Å². The smallest absolute Gasteiger partial charge is 0.211 e. The van der Waals surface area contributed by atoms with Crippen LogP contribution in [0.5, 0.6) is 0 Å². The van der Waals surface area contributed by atoms with E-state index in [0.717, 1.165) is 22.8 Å². The third-order valence-corrected chi connectivity index (χ3v) is 8.49. The van der Waals surface area contributed by atoms with Gasteiger partial charge in [-0.05, 0) is 54.8 Å². The zero-order valence-corrected chi connectivity index (χ0v) is 21.1. The summed E-state index contributed by atoms with van der Waals surface area (Å²) in [5, 5.41) is 0.963. The van der Waals surface area contributed by atoms with E-state index in [4.69, 9.17) is 28.2 Å². The molecule has 1 aliphatic rings. The molecule has 2 heterocycles. The van der Waals surface area contributed by atoms with Crippen molar-refractivity contribution >= 4 is 33.2 Å². The lowest BCUT2D eigenvalue weighted by Gasteiger charge is -2.32. The Labute approximate surface area is 204 Å². The SMILES string of the molecule is CC(C)(c1ccc(Cl)c(Cl)c1)c1cnc(C2CCN(S(C)(=O)=O)CC2)n1-c1ccc(F)cc1. The third kappa shape index (κ3) is 4.83. The molecule has 1 fully saturated rings. The number of aromatic nitrogens is 2. The standard InChI is InChI=1S/C24H26Cl2FN3O2S/c1-24(2,17-4-9-20(25)21(26)14-17)22-15-28-23(30(22)19-7-5-18(27)6-8-19)16-10-12-29(13-11-16)33(3,31)32/h4-9,14-16H,10-13H2,1-3H3. The van der Waals surface area contributed by atoms with Gasteiger partial charge in [-0.25, -0.2) is 22.1 Å². The maximum absolute atomic E-state index is 13.7. The predicted molar refractivity (Wildman–Crippen MR) is 131 cm³/mol. The summed E-state index contributed by atoms with van der Waals surface area (Å²) >= 11 is 12.4. The zero-order chi connectivity index (χ0) is 24.0. The van der Waals surface area contributed by atoms with E-state index in [-0.39, 0.29) is 11.7 Å². The van der Waals surface area contributed by atoms with Crippen LogP contribution in [0.4, 0.5) is 4.39 Å². The Morgan fingerprint density at radius 1 is 1.03 bits per heavy atom. The fourth-order valence-electron chi connectivity index (χ4n) is 4.43. The Balaban J connectivity index is 1.79. The fourth-order valence-corrected chi connectivity index (χ4v) is 5.61. The summed E-state index contributed by atoms with van der Waals surface area (Å²) in [4.78, 5) is 4.80. The highest BCUT2D eigenvalue weighted by Crippen LogP contribution is 2.39. The van der Waals surface area contributed by atoms with E-state index in [1.807, 2.05) is 18.3 Å². The van der Waals surface area contributed by atoms with E-state index in [1.54, 1.807) is 18.2 Å². The second-order valence-electron chi connectivity index (χ2n) is 9.00. The summed E-state index contributed by atoms with van der Waals surface area (Å²) in [7, 11) is -3.22. The number of imidazole rings is 1. The van der Waals surface area contributed by atoms with Gasteiger partial charge in [0.25, 0.3) is 0 Å². The highest BCUT2D eigenvalue weighted by molar-refractivity contribution is 7.88. The molecule has 1 saturated heterocycles. The lowest BCUT2D eigenvalue weighted by Crippen LogP contribution is -2.37. The van der Waals surface area contributed by atoms with Crippen LogP contribution in [-0.4, -0.2) is 41.6 Å². The Hall–Kier alpha value is -1.93. The Morgan fingerprint density at radius 3 is 2.24 bits per heavy atom. The monoisotopic (exact) mass is 509 g/mol. The van der Waals surface area contributed by atoms with Crippen LogP contribution < -0.4 is 0 Å². The van der Waals surface area contributed by atoms with Crippen LogP contribution in [0.1, 0.15) is 49.7 Å². The van der Waals surface area contributed by atoms with Gasteiger partial charge in [0.15, 0.2) is 0 Å². The highest BCUT2D eigenvalue weighted by Gasteiger charge is 2.34. The van der Waals surface area contributed by atoms with Crippen LogP contribution >= 0.6 is 23.2 Å². The molecule has 0 spiro atoms. The number of rotatable bonds is 5. The molecule has 5 nitrogen and oxygen atoms in total. The Bertz CT molecular complexity index is 1270. The van der Waals surface area contributed by atoms with Gasteiger partial charge in [-0.1, -0.05) is 43.1 Å². The van der Waals surface area contributed by atoms with Crippen LogP contribution in [0.15, 0.2) is 48.7 Å². The molecule has 4 rings (SSSR count). The number of sulfonamides is 1. The molecule has 33 heavy (non-hydrogen) atoms. The number of nitrogens with zero attached hydrogens (tertiary/aromatic N) is 3. The van der Waals surface area contributed by atoms with E-state index >= 15 is 0 Å². The topological polar surface area (TPSA) is 55.2 Å². The van der Waals surface area contributed by atoms with E-state index in [1.165, 1.54) is 22.7 Å². The van der Waals surface area contributed by atoms with Crippen molar-refractivity contribution in [2.45, 2.75) is 38.0 Å². The molecule has 3 aromatic rings. The molecule has 1 aromatic heterocycles. The first-order valence-electron chi connectivity index (χ1n) is 10.7. The lowest BCUT2D eigenvalue weighted by atomic mass is 9.81. The normalized spacial score (nSPS) is 16.3. The predicted octanol–water partition coefficient (Wildman–Crippen LogP) is 5.78. The third-order valence-electron chi connectivity index (χ3n) is 6.44. The molecule has 0 atom stereocenters. The quantitative estimate of drug-likeness (QED) is 0.437. The minimum absolute atomic E-state index is 0.0754. The first kappa shape index (κ1) is 24.2. The first-order chi connectivity index (χ1) is 15.5. The van der Waals surface area contributed by atoms with Crippen molar-refractivity contribution in [3.63, 3.8) is 0 Å². The van der Waals surface area contributed by atoms with Crippen molar-refractivity contribution in [3.05, 3.63) is 81.6 Å². The molecule has 176 valence electrons. The van der Waals surface area contributed by atoms with Crippen LogP contribution in [0.3, 0.4) is 0 Å². The van der Waals surface area contributed by atoms with Crippen molar-refractivity contribution in [2.24, 2.45) is 0 Å². The van der Waals surface area contributed by atoms with E-state index < -0.39 is 15.4 Å². The Morgan fingerprint density at radius 2 is 1.67 bits per heavy atom. The largest absolute Gasteiger partial charge is 0.300 e. The minimum atomic E-state index is -3.22. The van der Waals surface area contributed by atoms with E-state index in [0.29, 0.717) is 36.0 Å². The molecule has 0 radical (unpaired) electrons. The second kappa shape index (κ2) is 9.02. The van der Waals surface area contributed by atoms with Crippen molar-refractivity contribution in [1.29, 1.82) is 0 Å². The summed E-state index contributed by atoms with van der Waals surface area (Å²) in [5.41, 5.74) is 2.21. The van der Waals surface area contributed by atoms with Gasteiger partial charge in [-0.2, -0.15) is 0 Å². The van der Waals surface area contributed by atoms with Gasteiger partial charge in [0.2, 0.25) is 10.0 Å². The van der Waals surface area contributed by atoms with Gasteiger partial charge >= 0.3 is 0 Å². The molecule has 0 unspecified atom stereocenters. The maximum Gasteiger partial charge on any atom is 0.211 e. The molecule has 0 bridgehead atoms. The number of halogens is 3. The molecule has 0 saturated carbocycles. The second-order valence-corrected chi connectivity index (χ2v) is 11.8. The maximum atomic E-state index is 13.7. The zero-order valence-electron chi connectivity index (χ0n) is 18.7. The van der Waals surface area contributed by atoms with Gasteiger partial charge in [-0.15, -0.1) is 0 Å². The number of piperidine rings is 1. The number of benzene rings is 2. The minimum Gasteiger partial charge on any atom is -0.300 e. The fraction of sp³-hybridized carbons (Fsp3) is 0.375. The molecule has 9 heteroatoms. The summed E-state index contributed by atoms with van der Waals surface area (Å²) < 4.78 is 41.2. The van der Waals surface area contributed by atoms with Crippen molar-refractivity contribution in [2.75, 3.05) is 19.3 Å². The molecule has 0 amide bonds. The number of hydrogen-bond donors (Lipinski definition) is 0. The van der Waals surface area contributed by atoms with Crippen LogP contribution in [0.2, 0.25) is 10.0 Å². The van der Waals surface area contributed by atoms with Crippen molar-refractivity contribution in [1.82, 2.24) is 13.9 Å². The van der Waals surface area contributed by atoms with Crippen LogP contribution in [0.25, 0.3) is 5.69 Å².